The van der Waals surface area contributed by atoms with Crippen molar-refractivity contribution in [1.29, 1.82) is 0 Å². The van der Waals surface area contributed by atoms with Crippen LogP contribution in [0.3, 0.4) is 0 Å². The topological polar surface area (TPSA) is 46.5 Å². The van der Waals surface area contributed by atoms with E-state index in [0.29, 0.717) is 18.9 Å². The minimum atomic E-state index is -0.757. The molecule has 122 valence electrons. The summed E-state index contributed by atoms with van der Waals surface area (Å²) >= 11 is 0. The van der Waals surface area contributed by atoms with Crippen molar-refractivity contribution >= 4 is 5.97 Å². The lowest BCUT2D eigenvalue weighted by Crippen LogP contribution is -2.05. The molecule has 3 rings (SSSR count). The SMILES string of the molecule is O=C(O)CCc1ccc(OCC2=C(C3C=CCC3)CCC2)cc1. The van der Waals surface area contributed by atoms with Crippen LogP contribution in [0.2, 0.25) is 0 Å². The summed E-state index contributed by atoms with van der Waals surface area (Å²) in [5, 5.41) is 8.72. The maximum Gasteiger partial charge on any atom is 0.303 e. The zero-order valence-electron chi connectivity index (χ0n) is 13.5. The number of benzene rings is 1. The number of carboxylic acids is 1. The number of ether oxygens (including phenoxy) is 1. The van der Waals surface area contributed by atoms with Crippen LogP contribution >= 0.6 is 0 Å². The van der Waals surface area contributed by atoms with Crippen LogP contribution in [0.15, 0.2) is 47.6 Å². The molecule has 0 heterocycles. The van der Waals surface area contributed by atoms with Crippen molar-refractivity contribution in [1.82, 2.24) is 0 Å². The Bertz CT molecular complexity index is 610. The monoisotopic (exact) mass is 312 g/mol. The Morgan fingerprint density at radius 1 is 1.22 bits per heavy atom. The second kappa shape index (κ2) is 7.49. The second-order valence-electron chi connectivity index (χ2n) is 6.42. The molecule has 1 atom stereocenters. The number of allylic oxidation sites excluding steroid dienone is 3. The van der Waals surface area contributed by atoms with Gasteiger partial charge in [-0.2, -0.15) is 0 Å². The predicted molar refractivity (Wildman–Crippen MR) is 90.6 cm³/mol. The van der Waals surface area contributed by atoms with Crippen LogP contribution in [-0.2, 0) is 11.2 Å². The van der Waals surface area contributed by atoms with Gasteiger partial charge in [-0.05, 0) is 67.7 Å². The van der Waals surface area contributed by atoms with E-state index >= 15 is 0 Å². The summed E-state index contributed by atoms with van der Waals surface area (Å²) in [6.07, 6.45) is 11.5. The van der Waals surface area contributed by atoms with Gasteiger partial charge in [0.05, 0.1) is 0 Å². The van der Waals surface area contributed by atoms with Gasteiger partial charge in [-0.15, -0.1) is 0 Å². The van der Waals surface area contributed by atoms with E-state index in [-0.39, 0.29) is 6.42 Å². The Labute approximate surface area is 137 Å². The minimum absolute atomic E-state index is 0.172. The molecule has 3 nitrogen and oxygen atoms in total. The van der Waals surface area contributed by atoms with Crippen LogP contribution in [0.4, 0.5) is 0 Å². The smallest absolute Gasteiger partial charge is 0.303 e. The highest BCUT2D eigenvalue weighted by molar-refractivity contribution is 5.67. The summed E-state index contributed by atoms with van der Waals surface area (Å²) in [6.45, 7) is 0.689. The second-order valence-corrected chi connectivity index (χ2v) is 6.42. The molecule has 2 aliphatic carbocycles. The summed E-state index contributed by atoms with van der Waals surface area (Å²) in [6, 6.07) is 7.81. The quantitative estimate of drug-likeness (QED) is 0.752. The third kappa shape index (κ3) is 4.25. The van der Waals surface area contributed by atoms with Crippen molar-refractivity contribution in [2.75, 3.05) is 6.61 Å². The van der Waals surface area contributed by atoms with Crippen molar-refractivity contribution in [3.8, 4) is 5.75 Å². The molecule has 0 saturated carbocycles. The fourth-order valence-corrected chi connectivity index (χ4v) is 3.54. The van der Waals surface area contributed by atoms with Crippen LogP contribution < -0.4 is 4.74 Å². The molecule has 0 aliphatic heterocycles. The summed E-state index contributed by atoms with van der Waals surface area (Å²) in [4.78, 5) is 10.6. The van der Waals surface area contributed by atoms with Gasteiger partial charge in [0.15, 0.2) is 0 Å². The van der Waals surface area contributed by atoms with Gasteiger partial charge < -0.3 is 9.84 Å². The Morgan fingerprint density at radius 2 is 2.04 bits per heavy atom. The first kappa shape index (κ1) is 15.9. The van der Waals surface area contributed by atoms with E-state index in [2.05, 4.69) is 12.2 Å². The molecule has 1 aromatic carbocycles. The summed E-state index contributed by atoms with van der Waals surface area (Å²) in [5.41, 5.74) is 4.13. The van der Waals surface area contributed by atoms with Gasteiger partial charge in [0.1, 0.15) is 12.4 Å². The molecule has 0 radical (unpaired) electrons. The zero-order chi connectivity index (χ0) is 16.1. The highest BCUT2D eigenvalue weighted by atomic mass is 16.5. The van der Waals surface area contributed by atoms with E-state index in [1.54, 1.807) is 5.57 Å². The maximum atomic E-state index is 10.6. The van der Waals surface area contributed by atoms with Gasteiger partial charge in [0.25, 0.3) is 0 Å². The minimum Gasteiger partial charge on any atom is -0.489 e. The van der Waals surface area contributed by atoms with Crippen LogP contribution in [0.1, 0.15) is 44.1 Å². The molecule has 2 aliphatic rings. The molecular formula is C20H24O3. The molecule has 1 N–H and O–H groups in total. The summed E-state index contributed by atoms with van der Waals surface area (Å²) in [7, 11) is 0. The number of hydrogen-bond acceptors (Lipinski definition) is 2. The molecule has 0 amide bonds. The van der Waals surface area contributed by atoms with Crippen LogP contribution in [0.5, 0.6) is 5.75 Å². The fraction of sp³-hybridized carbons (Fsp3) is 0.450. The van der Waals surface area contributed by atoms with E-state index in [1.165, 1.54) is 31.3 Å². The first-order valence-corrected chi connectivity index (χ1v) is 8.53. The lowest BCUT2D eigenvalue weighted by molar-refractivity contribution is -0.136. The third-order valence-corrected chi connectivity index (χ3v) is 4.80. The number of carboxylic acid groups (broad SMARTS) is 1. The lowest BCUT2D eigenvalue weighted by atomic mass is 9.95. The van der Waals surface area contributed by atoms with Crippen molar-refractivity contribution in [2.24, 2.45) is 5.92 Å². The van der Waals surface area contributed by atoms with Gasteiger partial charge in [-0.3, -0.25) is 4.79 Å². The van der Waals surface area contributed by atoms with Gasteiger partial charge >= 0.3 is 5.97 Å². The van der Waals surface area contributed by atoms with E-state index in [1.807, 2.05) is 24.3 Å². The van der Waals surface area contributed by atoms with E-state index in [0.717, 1.165) is 17.7 Å². The highest BCUT2D eigenvalue weighted by Crippen LogP contribution is 2.37. The molecule has 0 aromatic heterocycles. The standard InChI is InChI=1S/C20H24O3/c21-20(22)13-10-15-8-11-18(12-9-15)23-14-17-6-3-7-19(17)16-4-1-2-5-16/h1,4,8-9,11-12,16H,2-3,5-7,10,13-14H2,(H,21,22). The maximum absolute atomic E-state index is 10.6. The van der Waals surface area contributed by atoms with Crippen molar-refractivity contribution in [3.05, 3.63) is 53.1 Å². The number of rotatable bonds is 7. The lowest BCUT2D eigenvalue weighted by Gasteiger charge is -2.14. The first-order chi connectivity index (χ1) is 11.2. The number of hydrogen-bond donors (Lipinski definition) is 1. The summed E-state index contributed by atoms with van der Waals surface area (Å²) in [5.74, 6) is 0.756. The van der Waals surface area contributed by atoms with Crippen molar-refractivity contribution in [2.45, 2.75) is 44.9 Å². The first-order valence-electron chi connectivity index (χ1n) is 8.53. The molecule has 0 fully saturated rings. The predicted octanol–water partition coefficient (Wildman–Crippen LogP) is 4.53. The molecule has 0 spiro atoms. The molecule has 0 saturated heterocycles. The third-order valence-electron chi connectivity index (χ3n) is 4.80. The van der Waals surface area contributed by atoms with Gasteiger partial charge in [0, 0.05) is 6.42 Å². The Morgan fingerprint density at radius 3 is 2.74 bits per heavy atom. The Balaban J connectivity index is 1.56. The van der Waals surface area contributed by atoms with Crippen LogP contribution in [-0.4, -0.2) is 17.7 Å². The zero-order valence-corrected chi connectivity index (χ0v) is 13.5. The Hall–Kier alpha value is -2.03. The van der Waals surface area contributed by atoms with Crippen molar-refractivity contribution < 1.29 is 14.6 Å². The molecule has 0 bridgehead atoms. The normalized spacial score (nSPS) is 20.3. The van der Waals surface area contributed by atoms with Crippen LogP contribution in [0, 0.1) is 5.92 Å². The summed E-state index contributed by atoms with van der Waals surface area (Å²) < 4.78 is 5.96. The van der Waals surface area contributed by atoms with Gasteiger partial charge in [-0.1, -0.05) is 29.9 Å². The molecule has 1 unspecified atom stereocenters. The highest BCUT2D eigenvalue weighted by Gasteiger charge is 2.22. The Kier molecular flexibility index (Phi) is 5.16. The molecular weight excluding hydrogens is 288 g/mol. The molecule has 23 heavy (non-hydrogen) atoms. The average Bonchev–Trinajstić information content (AvgIpc) is 3.22. The number of aliphatic carboxylic acids is 1. The van der Waals surface area contributed by atoms with E-state index in [4.69, 9.17) is 9.84 Å². The van der Waals surface area contributed by atoms with Gasteiger partial charge in [-0.25, -0.2) is 0 Å². The fourth-order valence-electron chi connectivity index (χ4n) is 3.54. The number of carbonyl (C=O) groups is 1. The van der Waals surface area contributed by atoms with Gasteiger partial charge in [0.2, 0.25) is 0 Å². The van der Waals surface area contributed by atoms with E-state index in [9.17, 15) is 4.79 Å². The number of aryl methyl sites for hydroxylation is 1. The largest absolute Gasteiger partial charge is 0.489 e. The van der Waals surface area contributed by atoms with Crippen molar-refractivity contribution in [3.63, 3.8) is 0 Å². The van der Waals surface area contributed by atoms with E-state index < -0.39 is 5.97 Å². The molecule has 1 aromatic rings. The molecule has 3 heteroatoms. The average molecular weight is 312 g/mol. The van der Waals surface area contributed by atoms with Crippen LogP contribution in [0.25, 0.3) is 0 Å².